The topological polar surface area (TPSA) is 75.2 Å². The quantitative estimate of drug-likeness (QED) is 0.938. The number of rotatable bonds is 3. The van der Waals surface area contributed by atoms with Crippen LogP contribution in [0.5, 0.6) is 0 Å². The standard InChI is InChI=1S/C16H18N4O2S/c1-11(21)18-16-19-14(10-23-16)13-3-2-8-20(9-13)15(22)12-4-6-17-7-5-12/h4-7,10,13H,2-3,8-9H2,1H3,(H,18,19,21). The first-order chi connectivity index (χ1) is 11.1. The van der Waals surface area contributed by atoms with Crippen molar-refractivity contribution < 1.29 is 9.59 Å². The molecule has 3 heterocycles. The van der Waals surface area contributed by atoms with Gasteiger partial charge < -0.3 is 10.2 Å². The monoisotopic (exact) mass is 330 g/mol. The highest BCUT2D eigenvalue weighted by Crippen LogP contribution is 2.30. The Morgan fingerprint density at radius 3 is 2.87 bits per heavy atom. The van der Waals surface area contributed by atoms with Crippen molar-refractivity contribution in [2.24, 2.45) is 0 Å². The Bertz CT molecular complexity index is 701. The van der Waals surface area contributed by atoms with Crippen molar-refractivity contribution in [3.8, 4) is 0 Å². The van der Waals surface area contributed by atoms with Crippen LogP contribution in [-0.4, -0.2) is 39.8 Å². The van der Waals surface area contributed by atoms with E-state index in [9.17, 15) is 9.59 Å². The highest BCUT2D eigenvalue weighted by molar-refractivity contribution is 7.13. The summed E-state index contributed by atoms with van der Waals surface area (Å²) < 4.78 is 0. The van der Waals surface area contributed by atoms with Crippen LogP contribution >= 0.6 is 11.3 Å². The number of hydrogen-bond acceptors (Lipinski definition) is 5. The van der Waals surface area contributed by atoms with Gasteiger partial charge in [-0.05, 0) is 25.0 Å². The molecule has 1 unspecified atom stereocenters. The molecule has 1 saturated heterocycles. The fourth-order valence-electron chi connectivity index (χ4n) is 2.76. The summed E-state index contributed by atoms with van der Waals surface area (Å²) in [7, 11) is 0. The number of carbonyl (C=O) groups excluding carboxylic acids is 2. The molecule has 0 saturated carbocycles. The predicted octanol–water partition coefficient (Wildman–Crippen LogP) is 2.52. The Hall–Kier alpha value is -2.28. The Balaban J connectivity index is 1.69. The van der Waals surface area contributed by atoms with Gasteiger partial charge in [0.2, 0.25) is 5.91 Å². The van der Waals surface area contributed by atoms with E-state index in [2.05, 4.69) is 15.3 Å². The van der Waals surface area contributed by atoms with E-state index in [0.29, 0.717) is 17.2 Å². The highest BCUT2D eigenvalue weighted by Gasteiger charge is 2.27. The molecule has 2 aromatic heterocycles. The summed E-state index contributed by atoms with van der Waals surface area (Å²) in [6.45, 7) is 2.89. The van der Waals surface area contributed by atoms with Gasteiger partial charge in [0.25, 0.3) is 5.91 Å². The molecule has 0 aromatic carbocycles. The fraction of sp³-hybridized carbons (Fsp3) is 0.375. The molecule has 0 radical (unpaired) electrons. The average molecular weight is 330 g/mol. The number of thiazole rings is 1. The number of nitrogens with one attached hydrogen (secondary N) is 1. The third kappa shape index (κ3) is 3.73. The highest BCUT2D eigenvalue weighted by atomic mass is 32.1. The van der Waals surface area contributed by atoms with Gasteiger partial charge >= 0.3 is 0 Å². The third-order valence-corrected chi connectivity index (χ3v) is 4.64. The van der Waals surface area contributed by atoms with Gasteiger partial charge in [-0.2, -0.15) is 0 Å². The summed E-state index contributed by atoms with van der Waals surface area (Å²) >= 11 is 1.42. The Morgan fingerprint density at radius 1 is 1.35 bits per heavy atom. The lowest BCUT2D eigenvalue weighted by Crippen LogP contribution is -2.39. The maximum atomic E-state index is 12.6. The number of piperidine rings is 1. The zero-order valence-corrected chi connectivity index (χ0v) is 13.7. The second-order valence-electron chi connectivity index (χ2n) is 5.58. The van der Waals surface area contributed by atoms with Gasteiger partial charge in [-0.25, -0.2) is 4.98 Å². The molecule has 0 aliphatic carbocycles. The third-order valence-electron chi connectivity index (χ3n) is 3.86. The normalized spacial score (nSPS) is 17.8. The summed E-state index contributed by atoms with van der Waals surface area (Å²) in [4.78, 5) is 33.9. The minimum Gasteiger partial charge on any atom is -0.338 e. The molecule has 120 valence electrons. The minimum absolute atomic E-state index is 0.0365. The molecule has 1 aliphatic rings. The van der Waals surface area contributed by atoms with E-state index in [4.69, 9.17) is 0 Å². The van der Waals surface area contributed by atoms with Crippen molar-refractivity contribution in [3.63, 3.8) is 0 Å². The van der Waals surface area contributed by atoms with E-state index in [1.54, 1.807) is 24.5 Å². The van der Waals surface area contributed by atoms with Crippen molar-refractivity contribution in [2.75, 3.05) is 18.4 Å². The number of carbonyl (C=O) groups is 2. The predicted molar refractivity (Wildman–Crippen MR) is 88.5 cm³/mol. The first kappa shape index (κ1) is 15.6. The molecule has 1 atom stereocenters. The molecular weight excluding hydrogens is 312 g/mol. The van der Waals surface area contributed by atoms with Crippen molar-refractivity contribution >= 4 is 28.3 Å². The smallest absolute Gasteiger partial charge is 0.253 e. The number of anilines is 1. The van der Waals surface area contributed by atoms with Crippen molar-refractivity contribution in [1.29, 1.82) is 0 Å². The van der Waals surface area contributed by atoms with E-state index < -0.39 is 0 Å². The van der Waals surface area contributed by atoms with E-state index in [-0.39, 0.29) is 17.7 Å². The summed E-state index contributed by atoms with van der Waals surface area (Å²) in [6, 6.07) is 3.48. The molecule has 6 nitrogen and oxygen atoms in total. The maximum absolute atomic E-state index is 12.6. The Morgan fingerprint density at radius 2 is 2.13 bits per heavy atom. The first-order valence-corrected chi connectivity index (χ1v) is 8.44. The molecule has 2 aromatic rings. The zero-order valence-electron chi connectivity index (χ0n) is 12.9. The zero-order chi connectivity index (χ0) is 16.2. The van der Waals surface area contributed by atoms with Gasteiger partial charge in [0.15, 0.2) is 5.13 Å². The van der Waals surface area contributed by atoms with Gasteiger partial charge in [-0.3, -0.25) is 14.6 Å². The lowest BCUT2D eigenvalue weighted by atomic mass is 9.95. The van der Waals surface area contributed by atoms with Crippen LogP contribution in [0.2, 0.25) is 0 Å². The molecule has 1 N–H and O–H groups in total. The second kappa shape index (κ2) is 6.87. The lowest BCUT2D eigenvalue weighted by Gasteiger charge is -2.32. The van der Waals surface area contributed by atoms with Crippen LogP contribution in [0.4, 0.5) is 5.13 Å². The van der Waals surface area contributed by atoms with E-state index in [1.807, 2.05) is 10.3 Å². The van der Waals surface area contributed by atoms with Crippen LogP contribution in [0.1, 0.15) is 41.7 Å². The molecule has 23 heavy (non-hydrogen) atoms. The average Bonchev–Trinajstić information content (AvgIpc) is 3.03. The van der Waals surface area contributed by atoms with Crippen LogP contribution in [0, 0.1) is 0 Å². The number of aromatic nitrogens is 2. The van der Waals surface area contributed by atoms with Gasteiger partial charge in [-0.1, -0.05) is 0 Å². The van der Waals surface area contributed by atoms with Crippen molar-refractivity contribution in [2.45, 2.75) is 25.7 Å². The molecule has 0 bridgehead atoms. The van der Waals surface area contributed by atoms with Gasteiger partial charge in [0.05, 0.1) is 5.69 Å². The number of nitrogens with zero attached hydrogens (tertiary/aromatic N) is 3. The first-order valence-electron chi connectivity index (χ1n) is 7.56. The van der Waals surface area contributed by atoms with Crippen molar-refractivity contribution in [3.05, 3.63) is 41.2 Å². The van der Waals surface area contributed by atoms with Crippen LogP contribution < -0.4 is 5.32 Å². The number of amides is 2. The van der Waals surface area contributed by atoms with Crippen molar-refractivity contribution in [1.82, 2.24) is 14.9 Å². The minimum atomic E-state index is -0.121. The van der Waals surface area contributed by atoms with Gasteiger partial charge in [-0.15, -0.1) is 11.3 Å². The summed E-state index contributed by atoms with van der Waals surface area (Å²) in [5, 5.41) is 5.29. The Labute approximate surface area is 138 Å². The SMILES string of the molecule is CC(=O)Nc1nc(C2CCCN(C(=O)c3ccncc3)C2)cs1. The summed E-state index contributed by atoms with van der Waals surface area (Å²) in [5.41, 5.74) is 1.61. The molecule has 1 aliphatic heterocycles. The molecular formula is C16H18N4O2S. The molecule has 3 rings (SSSR count). The maximum Gasteiger partial charge on any atom is 0.253 e. The molecule has 1 fully saturated rings. The van der Waals surface area contributed by atoms with Crippen LogP contribution in [-0.2, 0) is 4.79 Å². The summed E-state index contributed by atoms with van der Waals surface area (Å²) in [6.07, 6.45) is 5.22. The van der Waals surface area contributed by atoms with Gasteiger partial charge in [0, 0.05) is 49.3 Å². The van der Waals surface area contributed by atoms with Crippen LogP contribution in [0.15, 0.2) is 29.9 Å². The van der Waals surface area contributed by atoms with E-state index in [0.717, 1.165) is 25.1 Å². The van der Waals surface area contributed by atoms with E-state index >= 15 is 0 Å². The summed E-state index contributed by atoms with van der Waals surface area (Å²) in [5.74, 6) is 0.131. The molecule has 7 heteroatoms. The lowest BCUT2D eigenvalue weighted by molar-refractivity contribution is -0.114. The Kier molecular flexibility index (Phi) is 4.66. The largest absolute Gasteiger partial charge is 0.338 e. The molecule has 2 amide bonds. The number of likely N-dealkylation sites (tertiary alicyclic amines) is 1. The van der Waals surface area contributed by atoms with Gasteiger partial charge in [0.1, 0.15) is 0 Å². The second-order valence-corrected chi connectivity index (χ2v) is 6.44. The fourth-order valence-corrected chi connectivity index (χ4v) is 3.60. The number of pyridine rings is 1. The number of hydrogen-bond donors (Lipinski definition) is 1. The van der Waals surface area contributed by atoms with Crippen LogP contribution in [0.25, 0.3) is 0 Å². The molecule has 0 spiro atoms. The van der Waals surface area contributed by atoms with Crippen LogP contribution in [0.3, 0.4) is 0 Å². The van der Waals surface area contributed by atoms with E-state index in [1.165, 1.54) is 18.3 Å².